The normalized spacial score (nSPS) is 9.57. The lowest BCUT2D eigenvalue weighted by atomic mass is 10.0. The first-order chi connectivity index (χ1) is 6.56. The number of benzene rings is 1. The van der Waals surface area contributed by atoms with E-state index in [1.807, 2.05) is 0 Å². The summed E-state index contributed by atoms with van der Waals surface area (Å²) in [5, 5.41) is 0. The molecule has 0 saturated heterocycles. The van der Waals surface area contributed by atoms with Gasteiger partial charge < -0.3 is 0 Å². The predicted molar refractivity (Wildman–Crippen MR) is 51.8 cm³/mol. The van der Waals surface area contributed by atoms with Gasteiger partial charge in [-0.3, -0.25) is 14.4 Å². The Labute approximate surface area is 81.7 Å². The summed E-state index contributed by atoms with van der Waals surface area (Å²) in [4.78, 5) is 32.7. The molecule has 0 heterocycles. The van der Waals surface area contributed by atoms with E-state index in [-0.39, 0.29) is 17.1 Å². The van der Waals surface area contributed by atoms with Gasteiger partial charge in [-0.1, -0.05) is 6.07 Å². The summed E-state index contributed by atoms with van der Waals surface area (Å²) in [6, 6.07) is 4.49. The highest BCUT2D eigenvalue weighted by molar-refractivity contribution is 6.04. The van der Waals surface area contributed by atoms with E-state index < -0.39 is 0 Å². The Hall–Kier alpha value is -1.77. The third-order valence-electron chi connectivity index (χ3n) is 1.96. The number of hydrogen-bond donors (Lipinski definition) is 0. The molecule has 0 saturated carbocycles. The molecule has 0 radical (unpaired) electrons. The van der Waals surface area contributed by atoms with Crippen molar-refractivity contribution in [3.63, 3.8) is 0 Å². The molecular weight excluding hydrogens is 180 g/mol. The molecule has 1 rings (SSSR count). The van der Waals surface area contributed by atoms with E-state index in [0.717, 1.165) is 0 Å². The lowest BCUT2D eigenvalue weighted by molar-refractivity contribution is 0.0997. The second-order valence-corrected chi connectivity index (χ2v) is 3.03. The van der Waals surface area contributed by atoms with Crippen LogP contribution in [-0.4, -0.2) is 17.9 Å². The van der Waals surface area contributed by atoms with E-state index in [9.17, 15) is 14.4 Å². The van der Waals surface area contributed by atoms with Crippen molar-refractivity contribution in [3.8, 4) is 0 Å². The van der Waals surface area contributed by atoms with Crippen LogP contribution in [0.15, 0.2) is 18.2 Å². The monoisotopic (exact) mass is 190 g/mol. The number of Topliss-reactive ketones (excluding diaryl/α,β-unsaturated/α-hetero) is 2. The summed E-state index contributed by atoms with van der Waals surface area (Å²) in [6.07, 6.45) is 0.586. The Bertz CT molecular complexity index is 405. The smallest absolute Gasteiger partial charge is 0.160 e. The number of carbonyl (C=O) groups excluding carboxylic acids is 3. The van der Waals surface area contributed by atoms with Crippen LogP contribution in [0.25, 0.3) is 0 Å². The summed E-state index contributed by atoms with van der Waals surface area (Å²) in [5.74, 6) is -0.301. The largest absolute Gasteiger partial charge is 0.298 e. The summed E-state index contributed by atoms with van der Waals surface area (Å²) >= 11 is 0. The van der Waals surface area contributed by atoms with Crippen LogP contribution in [-0.2, 0) is 0 Å². The fraction of sp³-hybridized carbons (Fsp3) is 0.182. The van der Waals surface area contributed by atoms with Gasteiger partial charge in [0, 0.05) is 16.7 Å². The van der Waals surface area contributed by atoms with Crippen LogP contribution in [0.2, 0.25) is 0 Å². The van der Waals surface area contributed by atoms with Crippen LogP contribution in [0, 0.1) is 0 Å². The minimum Gasteiger partial charge on any atom is -0.298 e. The van der Waals surface area contributed by atoms with Crippen molar-refractivity contribution in [2.75, 3.05) is 0 Å². The average Bonchev–Trinajstić information content (AvgIpc) is 2.16. The highest BCUT2D eigenvalue weighted by Gasteiger charge is 2.08. The van der Waals surface area contributed by atoms with E-state index in [0.29, 0.717) is 17.4 Å². The molecule has 1 aromatic rings. The van der Waals surface area contributed by atoms with Crippen LogP contribution < -0.4 is 0 Å². The maximum Gasteiger partial charge on any atom is 0.160 e. The van der Waals surface area contributed by atoms with Gasteiger partial charge in [-0.05, 0) is 26.0 Å². The van der Waals surface area contributed by atoms with Crippen LogP contribution in [0.1, 0.15) is 44.9 Å². The van der Waals surface area contributed by atoms with E-state index >= 15 is 0 Å². The standard InChI is InChI=1S/C11H10O3/c1-7(13)9-3-4-11(8(2)14)10(5-9)6-12/h3-6H,1-2H3. The van der Waals surface area contributed by atoms with Gasteiger partial charge >= 0.3 is 0 Å². The van der Waals surface area contributed by atoms with Crippen molar-refractivity contribution in [3.05, 3.63) is 34.9 Å². The number of aldehydes is 1. The SMILES string of the molecule is CC(=O)c1ccc(C(C)=O)c(C=O)c1. The molecule has 0 aliphatic carbocycles. The predicted octanol–water partition coefficient (Wildman–Crippen LogP) is 1.90. The average molecular weight is 190 g/mol. The molecule has 0 amide bonds. The minimum atomic E-state index is -0.179. The summed E-state index contributed by atoms with van der Waals surface area (Å²) in [6.45, 7) is 2.80. The lowest BCUT2D eigenvalue weighted by Gasteiger charge is -2.02. The molecule has 72 valence electrons. The highest BCUT2D eigenvalue weighted by atomic mass is 16.1. The first-order valence-corrected chi connectivity index (χ1v) is 4.17. The summed E-state index contributed by atoms with van der Waals surface area (Å²) < 4.78 is 0. The van der Waals surface area contributed by atoms with Gasteiger partial charge in [0.05, 0.1) is 0 Å². The van der Waals surface area contributed by atoms with Crippen molar-refractivity contribution < 1.29 is 14.4 Å². The molecule has 0 fully saturated rings. The molecule has 0 aromatic heterocycles. The zero-order chi connectivity index (χ0) is 10.7. The van der Waals surface area contributed by atoms with Crippen molar-refractivity contribution in [1.82, 2.24) is 0 Å². The number of carbonyl (C=O) groups is 3. The van der Waals surface area contributed by atoms with Gasteiger partial charge in [-0.15, -0.1) is 0 Å². The molecule has 3 nitrogen and oxygen atoms in total. The highest BCUT2D eigenvalue weighted by Crippen LogP contribution is 2.11. The van der Waals surface area contributed by atoms with Crippen molar-refractivity contribution in [2.45, 2.75) is 13.8 Å². The molecule has 1 aromatic carbocycles. The second kappa shape index (κ2) is 3.96. The van der Waals surface area contributed by atoms with Crippen LogP contribution >= 0.6 is 0 Å². The molecule has 0 atom stereocenters. The quantitative estimate of drug-likeness (QED) is 0.540. The van der Waals surface area contributed by atoms with Crippen LogP contribution in [0.4, 0.5) is 0 Å². The molecule has 0 aliphatic rings. The first kappa shape index (κ1) is 10.3. The Kier molecular flexibility index (Phi) is 2.92. The molecule has 3 heteroatoms. The number of ketones is 2. The van der Waals surface area contributed by atoms with Gasteiger partial charge in [-0.2, -0.15) is 0 Å². The zero-order valence-electron chi connectivity index (χ0n) is 8.03. The Balaban J connectivity index is 3.32. The summed E-state index contributed by atoms with van der Waals surface area (Å²) in [7, 11) is 0. The fourth-order valence-corrected chi connectivity index (χ4v) is 1.20. The number of hydrogen-bond acceptors (Lipinski definition) is 3. The first-order valence-electron chi connectivity index (χ1n) is 4.17. The lowest BCUT2D eigenvalue weighted by Crippen LogP contribution is -2.01. The molecule has 0 bridgehead atoms. The van der Waals surface area contributed by atoms with E-state index in [4.69, 9.17) is 0 Å². The van der Waals surface area contributed by atoms with E-state index in [1.165, 1.54) is 26.0 Å². The van der Waals surface area contributed by atoms with Crippen LogP contribution in [0.5, 0.6) is 0 Å². The topological polar surface area (TPSA) is 51.2 Å². The van der Waals surface area contributed by atoms with Crippen molar-refractivity contribution >= 4 is 17.9 Å². The zero-order valence-corrected chi connectivity index (χ0v) is 8.03. The second-order valence-electron chi connectivity index (χ2n) is 3.03. The fourth-order valence-electron chi connectivity index (χ4n) is 1.20. The molecule has 0 aliphatic heterocycles. The van der Waals surface area contributed by atoms with Gasteiger partial charge in [-0.25, -0.2) is 0 Å². The maximum atomic E-state index is 11.1. The van der Waals surface area contributed by atoms with Gasteiger partial charge in [0.25, 0.3) is 0 Å². The van der Waals surface area contributed by atoms with Gasteiger partial charge in [0.2, 0.25) is 0 Å². The maximum absolute atomic E-state index is 11.1. The third kappa shape index (κ3) is 1.93. The molecule has 0 unspecified atom stereocenters. The third-order valence-corrected chi connectivity index (χ3v) is 1.96. The van der Waals surface area contributed by atoms with Crippen molar-refractivity contribution in [2.24, 2.45) is 0 Å². The minimum absolute atomic E-state index is 0.122. The van der Waals surface area contributed by atoms with Crippen molar-refractivity contribution in [1.29, 1.82) is 0 Å². The van der Waals surface area contributed by atoms with Gasteiger partial charge in [0.1, 0.15) is 0 Å². The molecule has 0 N–H and O–H groups in total. The molecule has 14 heavy (non-hydrogen) atoms. The van der Waals surface area contributed by atoms with E-state index in [2.05, 4.69) is 0 Å². The molecular formula is C11H10O3. The Morgan fingerprint density at radius 2 is 1.79 bits per heavy atom. The summed E-state index contributed by atoms with van der Waals surface area (Å²) in [5.41, 5.74) is 1.06. The Morgan fingerprint density at radius 3 is 2.21 bits per heavy atom. The Morgan fingerprint density at radius 1 is 1.14 bits per heavy atom. The van der Waals surface area contributed by atoms with Gasteiger partial charge in [0.15, 0.2) is 17.9 Å². The van der Waals surface area contributed by atoms with E-state index in [1.54, 1.807) is 6.07 Å². The number of rotatable bonds is 3. The van der Waals surface area contributed by atoms with Crippen LogP contribution in [0.3, 0.4) is 0 Å². The molecule has 0 spiro atoms.